The molecule has 2 atom stereocenters. The molecule has 2 nitrogen and oxygen atoms in total. The minimum absolute atomic E-state index is 0.157. The first-order valence-electron chi connectivity index (χ1n) is 6.83. The van der Waals surface area contributed by atoms with Crippen molar-refractivity contribution in [3.8, 4) is 0 Å². The Morgan fingerprint density at radius 1 is 1.11 bits per heavy atom. The Morgan fingerprint density at radius 3 is 2.11 bits per heavy atom. The lowest BCUT2D eigenvalue weighted by Gasteiger charge is -2.20. The molecule has 2 N–H and O–H groups in total. The molecule has 1 aromatic rings. The molecule has 1 aliphatic rings. The van der Waals surface area contributed by atoms with Crippen molar-refractivity contribution in [2.75, 3.05) is 0 Å². The second kappa shape index (κ2) is 5.02. The van der Waals surface area contributed by atoms with Gasteiger partial charge in [0.2, 0.25) is 0 Å². The highest BCUT2D eigenvalue weighted by atomic mass is 16.3. The summed E-state index contributed by atoms with van der Waals surface area (Å²) in [6.45, 7) is 6.56. The lowest BCUT2D eigenvalue weighted by Crippen LogP contribution is -2.29. The van der Waals surface area contributed by atoms with E-state index in [1.165, 1.54) is 5.56 Å². The van der Waals surface area contributed by atoms with Crippen molar-refractivity contribution < 1.29 is 10.2 Å². The Labute approximate surface area is 110 Å². The standard InChI is InChI=1S/C16H24O2/c1-16(2,3)13-8-4-11(5-9-13)10-14(17)15(18)12-6-7-12/h4-5,8-9,12,14-15,17-18H,6-7,10H2,1-3H3. The van der Waals surface area contributed by atoms with Crippen LogP contribution in [0.25, 0.3) is 0 Å². The monoisotopic (exact) mass is 248 g/mol. The Morgan fingerprint density at radius 2 is 1.67 bits per heavy atom. The predicted octanol–water partition coefficient (Wildman–Crippen LogP) is 2.66. The van der Waals surface area contributed by atoms with Gasteiger partial charge in [-0.3, -0.25) is 0 Å². The highest BCUT2D eigenvalue weighted by Gasteiger charge is 2.34. The molecule has 2 unspecified atom stereocenters. The molecular formula is C16H24O2. The Balaban J connectivity index is 1.97. The second-order valence-electron chi connectivity index (χ2n) is 6.55. The number of hydrogen-bond donors (Lipinski definition) is 2. The van der Waals surface area contributed by atoms with Crippen LogP contribution in [0.5, 0.6) is 0 Å². The Kier molecular flexibility index (Phi) is 3.79. The van der Waals surface area contributed by atoms with Crippen molar-refractivity contribution in [3.05, 3.63) is 35.4 Å². The average molecular weight is 248 g/mol. The van der Waals surface area contributed by atoms with Gasteiger partial charge in [-0.15, -0.1) is 0 Å². The van der Waals surface area contributed by atoms with Gasteiger partial charge in [0.1, 0.15) is 0 Å². The molecule has 0 aromatic heterocycles. The fraction of sp³-hybridized carbons (Fsp3) is 0.625. The van der Waals surface area contributed by atoms with Crippen LogP contribution in [0.2, 0.25) is 0 Å². The molecule has 0 amide bonds. The van der Waals surface area contributed by atoms with Crippen LogP contribution < -0.4 is 0 Å². The topological polar surface area (TPSA) is 40.5 Å². The maximum Gasteiger partial charge on any atom is 0.0842 e. The van der Waals surface area contributed by atoms with E-state index in [2.05, 4.69) is 45.0 Å². The molecule has 1 aromatic carbocycles. The summed E-state index contributed by atoms with van der Waals surface area (Å²) in [4.78, 5) is 0. The zero-order valence-corrected chi connectivity index (χ0v) is 11.6. The molecule has 0 bridgehead atoms. The number of rotatable bonds is 4. The number of benzene rings is 1. The molecule has 1 saturated carbocycles. The number of aliphatic hydroxyl groups excluding tert-OH is 2. The quantitative estimate of drug-likeness (QED) is 0.860. The van der Waals surface area contributed by atoms with Gasteiger partial charge in [0.15, 0.2) is 0 Å². The molecule has 0 heterocycles. The van der Waals surface area contributed by atoms with Gasteiger partial charge in [-0.1, -0.05) is 45.0 Å². The SMILES string of the molecule is CC(C)(C)c1ccc(CC(O)C(O)C2CC2)cc1. The first-order chi connectivity index (χ1) is 8.38. The van der Waals surface area contributed by atoms with E-state index in [9.17, 15) is 10.2 Å². The van der Waals surface area contributed by atoms with Gasteiger partial charge in [0, 0.05) is 6.42 Å². The summed E-state index contributed by atoms with van der Waals surface area (Å²) < 4.78 is 0. The van der Waals surface area contributed by atoms with Crippen LogP contribution in [0.15, 0.2) is 24.3 Å². The van der Waals surface area contributed by atoms with E-state index in [-0.39, 0.29) is 5.41 Å². The number of aliphatic hydroxyl groups is 2. The van der Waals surface area contributed by atoms with Crippen LogP contribution in [0.3, 0.4) is 0 Å². The third-order valence-corrected chi connectivity index (χ3v) is 3.76. The molecule has 2 heteroatoms. The van der Waals surface area contributed by atoms with Gasteiger partial charge in [-0.25, -0.2) is 0 Å². The summed E-state index contributed by atoms with van der Waals surface area (Å²) in [5.74, 6) is 0.328. The van der Waals surface area contributed by atoms with E-state index in [4.69, 9.17) is 0 Å². The first kappa shape index (κ1) is 13.6. The van der Waals surface area contributed by atoms with Crippen LogP contribution in [-0.2, 0) is 11.8 Å². The maximum absolute atomic E-state index is 9.96. The van der Waals surface area contributed by atoms with E-state index >= 15 is 0 Å². The van der Waals surface area contributed by atoms with Gasteiger partial charge in [0.25, 0.3) is 0 Å². The van der Waals surface area contributed by atoms with Crippen LogP contribution in [0, 0.1) is 5.92 Å². The van der Waals surface area contributed by atoms with E-state index in [0.717, 1.165) is 18.4 Å². The molecule has 0 radical (unpaired) electrons. The molecule has 1 fully saturated rings. The van der Waals surface area contributed by atoms with Gasteiger partial charge in [-0.2, -0.15) is 0 Å². The molecular weight excluding hydrogens is 224 g/mol. The van der Waals surface area contributed by atoms with E-state index in [1.807, 2.05) is 0 Å². The summed E-state index contributed by atoms with van der Waals surface area (Å²) >= 11 is 0. The summed E-state index contributed by atoms with van der Waals surface area (Å²) in [7, 11) is 0. The van der Waals surface area contributed by atoms with E-state index in [0.29, 0.717) is 12.3 Å². The lowest BCUT2D eigenvalue weighted by atomic mass is 9.86. The third kappa shape index (κ3) is 3.33. The summed E-state index contributed by atoms with van der Waals surface area (Å²) in [5, 5.41) is 19.8. The third-order valence-electron chi connectivity index (χ3n) is 3.76. The normalized spacial score (nSPS) is 19.6. The Hall–Kier alpha value is -0.860. The predicted molar refractivity (Wildman–Crippen MR) is 73.6 cm³/mol. The number of hydrogen-bond acceptors (Lipinski definition) is 2. The molecule has 100 valence electrons. The molecule has 18 heavy (non-hydrogen) atoms. The summed E-state index contributed by atoms with van der Waals surface area (Å²) in [6.07, 6.45) is 1.48. The van der Waals surface area contributed by atoms with Crippen molar-refractivity contribution in [1.29, 1.82) is 0 Å². The van der Waals surface area contributed by atoms with Crippen LogP contribution in [-0.4, -0.2) is 22.4 Å². The Bertz CT molecular complexity index is 385. The zero-order chi connectivity index (χ0) is 13.3. The summed E-state index contributed by atoms with van der Waals surface area (Å²) in [5.41, 5.74) is 2.55. The molecule has 1 aliphatic carbocycles. The smallest absolute Gasteiger partial charge is 0.0842 e. The summed E-state index contributed by atoms with van der Waals surface area (Å²) in [6, 6.07) is 8.35. The van der Waals surface area contributed by atoms with E-state index < -0.39 is 12.2 Å². The zero-order valence-electron chi connectivity index (χ0n) is 11.6. The van der Waals surface area contributed by atoms with Crippen LogP contribution in [0.1, 0.15) is 44.7 Å². The van der Waals surface area contributed by atoms with Crippen LogP contribution in [0.4, 0.5) is 0 Å². The van der Waals surface area contributed by atoms with Crippen molar-refractivity contribution in [2.45, 2.75) is 57.7 Å². The second-order valence-corrected chi connectivity index (χ2v) is 6.55. The average Bonchev–Trinajstić information content (AvgIpc) is 3.11. The van der Waals surface area contributed by atoms with Gasteiger partial charge in [-0.05, 0) is 35.3 Å². The largest absolute Gasteiger partial charge is 0.390 e. The van der Waals surface area contributed by atoms with Crippen LogP contribution >= 0.6 is 0 Å². The highest BCUT2D eigenvalue weighted by molar-refractivity contribution is 5.28. The minimum Gasteiger partial charge on any atom is -0.390 e. The molecule has 2 rings (SSSR count). The fourth-order valence-corrected chi connectivity index (χ4v) is 2.25. The first-order valence-corrected chi connectivity index (χ1v) is 6.83. The molecule has 0 spiro atoms. The van der Waals surface area contributed by atoms with Crippen molar-refractivity contribution >= 4 is 0 Å². The minimum atomic E-state index is -0.627. The van der Waals surface area contributed by atoms with Gasteiger partial charge >= 0.3 is 0 Å². The molecule has 0 aliphatic heterocycles. The lowest BCUT2D eigenvalue weighted by molar-refractivity contribution is 0.00673. The van der Waals surface area contributed by atoms with E-state index in [1.54, 1.807) is 0 Å². The van der Waals surface area contributed by atoms with Crippen molar-refractivity contribution in [2.24, 2.45) is 5.92 Å². The van der Waals surface area contributed by atoms with Gasteiger partial charge < -0.3 is 10.2 Å². The fourth-order valence-electron chi connectivity index (χ4n) is 2.25. The van der Waals surface area contributed by atoms with Crippen molar-refractivity contribution in [3.63, 3.8) is 0 Å². The van der Waals surface area contributed by atoms with Crippen molar-refractivity contribution in [1.82, 2.24) is 0 Å². The van der Waals surface area contributed by atoms with Gasteiger partial charge in [0.05, 0.1) is 12.2 Å². The molecule has 0 saturated heterocycles. The maximum atomic E-state index is 9.96. The highest BCUT2D eigenvalue weighted by Crippen LogP contribution is 2.34.